The molecule has 1 aliphatic carbocycles. The number of aldehydes is 1. The van der Waals surface area contributed by atoms with Crippen molar-refractivity contribution in [1.82, 2.24) is 9.78 Å². The lowest BCUT2D eigenvalue weighted by molar-refractivity contribution is 0.112. The van der Waals surface area contributed by atoms with Crippen LogP contribution in [0.4, 0.5) is 0 Å². The number of nitrogens with zero attached hydrogens (tertiary/aromatic N) is 2. The molecule has 0 amide bonds. The van der Waals surface area contributed by atoms with Gasteiger partial charge in [0.25, 0.3) is 0 Å². The van der Waals surface area contributed by atoms with Gasteiger partial charge in [-0.1, -0.05) is 0 Å². The molecule has 0 bridgehead atoms. The maximum absolute atomic E-state index is 10.5. The average molecular weight is 150 g/mol. The van der Waals surface area contributed by atoms with Crippen molar-refractivity contribution in [2.45, 2.75) is 18.8 Å². The number of hydrogen-bond donors (Lipinski definition) is 0. The Balaban J connectivity index is 2.46. The molecule has 1 saturated carbocycles. The first-order valence-corrected chi connectivity index (χ1v) is 3.80. The van der Waals surface area contributed by atoms with Crippen molar-refractivity contribution in [3.05, 3.63) is 17.5 Å². The SMILES string of the molecule is Cn1ncc(C=O)c1C1CC1. The summed E-state index contributed by atoms with van der Waals surface area (Å²) in [6.07, 6.45) is 4.95. The number of rotatable bonds is 2. The average Bonchev–Trinajstić information content (AvgIpc) is 2.76. The third-order valence-electron chi connectivity index (χ3n) is 2.11. The first-order valence-electron chi connectivity index (χ1n) is 3.80. The van der Waals surface area contributed by atoms with E-state index < -0.39 is 0 Å². The molecule has 0 N–H and O–H groups in total. The van der Waals surface area contributed by atoms with E-state index in [1.165, 1.54) is 12.8 Å². The van der Waals surface area contributed by atoms with Crippen LogP contribution in [-0.4, -0.2) is 16.1 Å². The van der Waals surface area contributed by atoms with Gasteiger partial charge < -0.3 is 0 Å². The van der Waals surface area contributed by atoms with Gasteiger partial charge in [-0.25, -0.2) is 0 Å². The summed E-state index contributed by atoms with van der Waals surface area (Å²) in [6.45, 7) is 0. The maximum Gasteiger partial charge on any atom is 0.153 e. The molecule has 0 aliphatic heterocycles. The Kier molecular flexibility index (Phi) is 1.31. The molecule has 0 spiro atoms. The summed E-state index contributed by atoms with van der Waals surface area (Å²) in [5, 5.41) is 4.03. The molecule has 1 aliphatic rings. The van der Waals surface area contributed by atoms with E-state index in [4.69, 9.17) is 0 Å². The summed E-state index contributed by atoms with van der Waals surface area (Å²) in [5.41, 5.74) is 1.87. The predicted molar refractivity (Wildman–Crippen MR) is 40.6 cm³/mol. The molecule has 1 fully saturated rings. The predicted octanol–water partition coefficient (Wildman–Crippen LogP) is 1.11. The molecule has 0 atom stereocenters. The van der Waals surface area contributed by atoms with Gasteiger partial charge in [-0.15, -0.1) is 0 Å². The van der Waals surface area contributed by atoms with E-state index in [0.717, 1.165) is 17.5 Å². The Morgan fingerprint density at radius 1 is 1.73 bits per heavy atom. The van der Waals surface area contributed by atoms with Crippen LogP contribution in [0.1, 0.15) is 34.8 Å². The van der Waals surface area contributed by atoms with Gasteiger partial charge in [0.15, 0.2) is 6.29 Å². The smallest absolute Gasteiger partial charge is 0.153 e. The van der Waals surface area contributed by atoms with Crippen LogP contribution in [-0.2, 0) is 7.05 Å². The van der Waals surface area contributed by atoms with Crippen molar-refractivity contribution in [2.75, 3.05) is 0 Å². The van der Waals surface area contributed by atoms with Crippen LogP contribution < -0.4 is 0 Å². The summed E-state index contributed by atoms with van der Waals surface area (Å²) in [4.78, 5) is 10.5. The van der Waals surface area contributed by atoms with Crippen molar-refractivity contribution >= 4 is 6.29 Å². The molecule has 1 heterocycles. The molecule has 1 aromatic rings. The van der Waals surface area contributed by atoms with Gasteiger partial charge in [0.2, 0.25) is 0 Å². The fourth-order valence-electron chi connectivity index (χ4n) is 1.41. The molecule has 0 aromatic carbocycles. The van der Waals surface area contributed by atoms with Crippen LogP contribution in [0.25, 0.3) is 0 Å². The number of hydrogen-bond acceptors (Lipinski definition) is 2. The van der Waals surface area contributed by atoms with Crippen LogP contribution in [0.2, 0.25) is 0 Å². The van der Waals surface area contributed by atoms with Crippen LogP contribution in [0.3, 0.4) is 0 Å². The molecule has 1 aromatic heterocycles. The van der Waals surface area contributed by atoms with Crippen LogP contribution >= 0.6 is 0 Å². The van der Waals surface area contributed by atoms with Crippen molar-refractivity contribution in [2.24, 2.45) is 7.05 Å². The summed E-state index contributed by atoms with van der Waals surface area (Å²) in [5.74, 6) is 0.600. The summed E-state index contributed by atoms with van der Waals surface area (Å²) >= 11 is 0. The quantitative estimate of drug-likeness (QED) is 0.592. The van der Waals surface area contributed by atoms with Crippen molar-refractivity contribution in [3.8, 4) is 0 Å². The highest BCUT2D eigenvalue weighted by Crippen LogP contribution is 2.40. The Morgan fingerprint density at radius 2 is 2.45 bits per heavy atom. The highest BCUT2D eigenvalue weighted by atomic mass is 16.1. The van der Waals surface area contributed by atoms with E-state index in [2.05, 4.69) is 5.10 Å². The molecule has 3 heteroatoms. The molecule has 0 saturated heterocycles. The standard InChI is InChI=1S/C8H10N2O/c1-10-8(6-2-3-6)7(5-11)4-9-10/h4-6H,2-3H2,1H3. The van der Waals surface area contributed by atoms with Crippen molar-refractivity contribution in [3.63, 3.8) is 0 Å². The van der Waals surface area contributed by atoms with Crippen molar-refractivity contribution in [1.29, 1.82) is 0 Å². The number of aryl methyl sites for hydroxylation is 1. The third kappa shape index (κ3) is 0.964. The van der Waals surface area contributed by atoms with E-state index in [9.17, 15) is 4.79 Å². The van der Waals surface area contributed by atoms with E-state index in [1.54, 1.807) is 10.9 Å². The third-order valence-corrected chi connectivity index (χ3v) is 2.11. The van der Waals surface area contributed by atoms with E-state index in [-0.39, 0.29) is 0 Å². The first-order chi connectivity index (χ1) is 5.33. The lowest BCUT2D eigenvalue weighted by atomic mass is 10.2. The Hall–Kier alpha value is -1.12. The first kappa shape index (κ1) is 6.58. The monoisotopic (exact) mass is 150 g/mol. The lowest BCUT2D eigenvalue weighted by Gasteiger charge is -1.97. The molecule has 0 radical (unpaired) electrons. The van der Waals surface area contributed by atoms with E-state index in [1.807, 2.05) is 7.05 Å². The van der Waals surface area contributed by atoms with Crippen LogP contribution in [0.15, 0.2) is 6.20 Å². The Labute approximate surface area is 65.0 Å². The van der Waals surface area contributed by atoms with Gasteiger partial charge >= 0.3 is 0 Å². The number of carbonyl (C=O) groups is 1. The topological polar surface area (TPSA) is 34.9 Å². The molecule has 11 heavy (non-hydrogen) atoms. The summed E-state index contributed by atoms with van der Waals surface area (Å²) in [7, 11) is 1.89. The summed E-state index contributed by atoms with van der Waals surface area (Å²) in [6, 6.07) is 0. The molecule has 0 unspecified atom stereocenters. The molecule has 2 rings (SSSR count). The van der Waals surface area contributed by atoms with Gasteiger partial charge in [0.05, 0.1) is 17.5 Å². The summed E-state index contributed by atoms with van der Waals surface area (Å²) < 4.78 is 1.81. The fraction of sp³-hybridized carbons (Fsp3) is 0.500. The second kappa shape index (κ2) is 2.19. The zero-order valence-corrected chi connectivity index (χ0v) is 6.45. The Bertz CT molecular complexity index is 286. The highest BCUT2D eigenvalue weighted by Gasteiger charge is 2.28. The van der Waals surface area contributed by atoms with Gasteiger partial charge in [-0.05, 0) is 12.8 Å². The Morgan fingerprint density at radius 3 is 3.00 bits per heavy atom. The van der Waals surface area contributed by atoms with Gasteiger partial charge in [0, 0.05) is 13.0 Å². The minimum Gasteiger partial charge on any atom is -0.298 e. The minimum atomic E-state index is 0.600. The fourth-order valence-corrected chi connectivity index (χ4v) is 1.41. The minimum absolute atomic E-state index is 0.600. The van der Waals surface area contributed by atoms with E-state index in [0.29, 0.717) is 5.92 Å². The van der Waals surface area contributed by atoms with Crippen LogP contribution in [0.5, 0.6) is 0 Å². The van der Waals surface area contributed by atoms with Gasteiger partial charge in [-0.2, -0.15) is 5.10 Å². The van der Waals surface area contributed by atoms with E-state index >= 15 is 0 Å². The zero-order valence-electron chi connectivity index (χ0n) is 6.45. The molecule has 3 nitrogen and oxygen atoms in total. The molecular weight excluding hydrogens is 140 g/mol. The molecular formula is C8H10N2O. The largest absolute Gasteiger partial charge is 0.298 e. The van der Waals surface area contributed by atoms with Crippen LogP contribution in [0, 0.1) is 0 Å². The second-order valence-corrected chi connectivity index (χ2v) is 3.00. The lowest BCUT2D eigenvalue weighted by Crippen LogP contribution is -1.97. The molecule has 58 valence electrons. The van der Waals surface area contributed by atoms with Crippen molar-refractivity contribution < 1.29 is 4.79 Å². The van der Waals surface area contributed by atoms with Gasteiger partial charge in [0.1, 0.15) is 0 Å². The highest BCUT2D eigenvalue weighted by molar-refractivity contribution is 5.76. The number of aromatic nitrogens is 2. The maximum atomic E-state index is 10.5. The second-order valence-electron chi connectivity index (χ2n) is 3.00. The van der Waals surface area contributed by atoms with Gasteiger partial charge in [-0.3, -0.25) is 9.48 Å². The number of carbonyl (C=O) groups excluding carboxylic acids is 1. The normalized spacial score (nSPS) is 16.8. The zero-order chi connectivity index (χ0) is 7.84.